The van der Waals surface area contributed by atoms with E-state index in [4.69, 9.17) is 22.3 Å². The second-order valence-electron chi connectivity index (χ2n) is 15.6. The first-order valence-electron chi connectivity index (χ1n) is 19.6. The van der Waals surface area contributed by atoms with E-state index in [1.54, 1.807) is 20.8 Å². The van der Waals surface area contributed by atoms with Crippen LogP contribution in [0.5, 0.6) is 0 Å². The number of halogens is 9. The zero-order valence-corrected chi connectivity index (χ0v) is 36.6. The van der Waals surface area contributed by atoms with Gasteiger partial charge in [0.05, 0.1) is 44.7 Å². The van der Waals surface area contributed by atoms with E-state index in [9.17, 15) is 39.9 Å². The Kier molecular flexibility index (Phi) is 14.5. The van der Waals surface area contributed by atoms with E-state index in [-0.39, 0.29) is 60.8 Å². The van der Waals surface area contributed by atoms with Crippen molar-refractivity contribution in [2.45, 2.75) is 94.7 Å². The van der Waals surface area contributed by atoms with Crippen LogP contribution in [0.2, 0.25) is 5.02 Å². The van der Waals surface area contributed by atoms with Crippen molar-refractivity contribution in [3.05, 3.63) is 87.3 Å². The summed E-state index contributed by atoms with van der Waals surface area (Å²) in [6, 6.07) is 7.00. The highest BCUT2D eigenvalue weighted by Crippen LogP contribution is 2.43. The minimum atomic E-state index is -3.72. The van der Waals surface area contributed by atoms with Gasteiger partial charge in [-0.25, -0.2) is 31.3 Å². The van der Waals surface area contributed by atoms with Gasteiger partial charge in [-0.3, -0.25) is 18.7 Å². The van der Waals surface area contributed by atoms with Gasteiger partial charge in [-0.1, -0.05) is 30.5 Å². The topological polar surface area (TPSA) is 150 Å². The van der Waals surface area contributed by atoms with Gasteiger partial charge >= 0.3 is 0 Å². The highest BCUT2D eigenvalue weighted by molar-refractivity contribution is 7.92. The quantitative estimate of drug-likeness (QED) is 0.0616. The molecule has 2 aromatic carbocycles. The van der Waals surface area contributed by atoms with E-state index in [1.165, 1.54) is 31.2 Å². The molecule has 2 aliphatic rings. The van der Waals surface area contributed by atoms with Gasteiger partial charge in [-0.2, -0.15) is 13.5 Å². The van der Waals surface area contributed by atoms with Crippen molar-refractivity contribution in [1.29, 1.82) is 0 Å². The summed E-state index contributed by atoms with van der Waals surface area (Å²) in [7, 11) is -1.34. The summed E-state index contributed by atoms with van der Waals surface area (Å²) in [6.07, 6.45) is -5.99. The summed E-state index contributed by atoms with van der Waals surface area (Å²) in [5, 5.41) is 7.02. The number of hydrogen-bond acceptors (Lipinski definition) is 8. The highest BCUT2D eigenvalue weighted by Gasteiger charge is 2.49. The fourth-order valence-corrected chi connectivity index (χ4v) is 9.63. The van der Waals surface area contributed by atoms with Gasteiger partial charge in [0.15, 0.2) is 0 Å². The van der Waals surface area contributed by atoms with E-state index < -0.39 is 118 Å². The summed E-state index contributed by atoms with van der Waals surface area (Å²) in [6.45, 7) is 4.28. The largest absolute Gasteiger partial charge is 0.593 e. The molecule has 0 aliphatic heterocycles. The first-order chi connectivity index (χ1) is 29.6. The lowest BCUT2D eigenvalue weighted by molar-refractivity contribution is -0.120. The molecule has 4 N–H and O–H groups in total. The second kappa shape index (κ2) is 19.2. The smallest absolute Gasteiger partial charge is 0.290 e. The molecule has 338 valence electrons. The molecular formula is C42H42ClF8N7O3S2. The van der Waals surface area contributed by atoms with Crippen LogP contribution in [0, 0.1) is 29.4 Å². The number of hydrogen-bond donors (Lipinski definition) is 3. The number of benzene rings is 2. The number of fused-ring (bicyclic) bond motifs is 1. The molecule has 2 aromatic heterocycles. The molecule has 0 saturated heterocycles. The fraction of sp³-hybridized carbons (Fsp3) is 0.429. The molecule has 0 radical (unpaired) electrons. The molecule has 2 saturated carbocycles. The first kappa shape index (κ1) is 47.8. The SMILES string of the molecule is CC[S+]([O-])Nc1nn(CC(F)F)c2c(-c3ccc(C#CC(C)(C)S(=O)C4CC4)nc3C(Cc3cc(F)cc(F)c3)NC(=O)CN=C3C(=C(N)C(F)F)[C@@H](C)CC3(F)F)ccc(Cl)c12. The van der Waals surface area contributed by atoms with Crippen LogP contribution in [0.25, 0.3) is 22.0 Å². The Balaban J connectivity index is 1.56. The van der Waals surface area contributed by atoms with Crippen molar-refractivity contribution in [2.75, 3.05) is 17.0 Å². The third kappa shape index (κ3) is 11.0. The highest BCUT2D eigenvalue weighted by atomic mass is 35.5. The third-order valence-electron chi connectivity index (χ3n) is 10.3. The monoisotopic (exact) mass is 943 g/mol. The van der Waals surface area contributed by atoms with E-state index in [2.05, 4.69) is 32.0 Å². The molecule has 2 fully saturated rings. The van der Waals surface area contributed by atoms with E-state index in [0.29, 0.717) is 6.07 Å². The molecule has 4 atom stereocenters. The number of nitrogens with zero attached hydrogens (tertiary/aromatic N) is 4. The first-order valence-corrected chi connectivity index (χ1v) is 22.5. The van der Waals surface area contributed by atoms with Crippen LogP contribution in [0.1, 0.15) is 70.0 Å². The molecule has 21 heteroatoms. The molecule has 2 heterocycles. The van der Waals surface area contributed by atoms with Crippen LogP contribution >= 0.6 is 11.6 Å². The maximum absolute atomic E-state index is 15.2. The molecule has 6 rings (SSSR count). The minimum absolute atomic E-state index is 0.0158. The van der Waals surface area contributed by atoms with Crippen LogP contribution in [-0.4, -0.2) is 76.2 Å². The number of aliphatic imine (C=N–C) groups is 1. The number of pyridine rings is 1. The standard InChI is InChI=1S/C42H42ClF8N7O3S2/c1-5-62(60)57-40-34-29(43)11-10-28(37(34)58(56-40)20-31(46)47)27-9-6-25(12-13-41(3,4)63(61)26-7-8-26)54-36(27)30(16-22-14-23(44)17-24(45)15-22)55-32(59)19-53-38-33(35(52)39(48)49)21(2)18-42(38,50)51/h6,9-11,14-15,17,21,26,30-31,39H,5,7-8,16,18-20,52H2,1-4H3,(H,55,59)(H,56,57)/t21-,30?,62?,63?/m0/s1. The summed E-state index contributed by atoms with van der Waals surface area (Å²) in [4.78, 5) is 22.4. The van der Waals surface area contributed by atoms with E-state index in [0.717, 1.165) is 29.7 Å². The number of amides is 1. The number of alkyl halides is 6. The van der Waals surface area contributed by atoms with Crippen LogP contribution in [0.3, 0.4) is 0 Å². The lowest BCUT2D eigenvalue weighted by Crippen LogP contribution is -2.34. The predicted molar refractivity (Wildman–Crippen MR) is 228 cm³/mol. The second-order valence-corrected chi connectivity index (χ2v) is 19.8. The Labute approximate surface area is 368 Å². The molecular weight excluding hydrogens is 902 g/mol. The molecule has 3 unspecified atom stereocenters. The Hall–Kier alpha value is -4.71. The summed E-state index contributed by atoms with van der Waals surface area (Å²) in [5.74, 6) is -1.91. The number of rotatable bonds is 15. The van der Waals surface area contributed by atoms with E-state index >= 15 is 8.78 Å². The average molecular weight is 944 g/mol. The van der Waals surface area contributed by atoms with Crippen LogP contribution in [-0.2, 0) is 39.9 Å². The summed E-state index contributed by atoms with van der Waals surface area (Å²) < 4.78 is 144. The number of aromatic nitrogens is 3. The minimum Gasteiger partial charge on any atom is -0.593 e. The molecule has 2 aliphatic carbocycles. The molecule has 10 nitrogen and oxygen atoms in total. The van der Waals surface area contributed by atoms with Gasteiger partial charge in [-0.15, -0.1) is 5.10 Å². The van der Waals surface area contributed by atoms with Crippen molar-refractivity contribution in [2.24, 2.45) is 16.6 Å². The lowest BCUT2D eigenvalue weighted by Gasteiger charge is -2.23. The third-order valence-corrected chi connectivity index (χ3v) is 13.7. The molecule has 0 spiro atoms. The van der Waals surface area contributed by atoms with Crippen molar-refractivity contribution in [3.8, 4) is 23.0 Å². The van der Waals surface area contributed by atoms with Gasteiger partial charge in [0.1, 0.15) is 46.6 Å². The Morgan fingerprint density at radius 3 is 2.41 bits per heavy atom. The molecule has 4 aromatic rings. The fourth-order valence-electron chi connectivity index (χ4n) is 7.34. The van der Waals surface area contributed by atoms with Crippen molar-refractivity contribution in [3.63, 3.8) is 0 Å². The number of nitrogens with one attached hydrogen (secondary N) is 2. The lowest BCUT2D eigenvalue weighted by atomic mass is 9.93. The Morgan fingerprint density at radius 2 is 1.79 bits per heavy atom. The average Bonchev–Trinajstić information content (AvgIpc) is 3.94. The molecule has 63 heavy (non-hydrogen) atoms. The number of nitrogens with two attached hydrogens (primary N) is 1. The maximum Gasteiger partial charge on any atom is 0.290 e. The van der Waals surface area contributed by atoms with Gasteiger partial charge in [0, 0.05) is 45.2 Å². The van der Waals surface area contributed by atoms with E-state index in [1.807, 2.05) is 0 Å². The van der Waals surface area contributed by atoms with Crippen LogP contribution in [0.4, 0.5) is 40.9 Å². The normalized spacial score (nSPS) is 19.3. The number of carbonyl (C=O) groups is 1. The molecule has 0 bridgehead atoms. The van der Waals surface area contributed by atoms with Crippen molar-refractivity contribution in [1.82, 2.24) is 20.1 Å². The molecule has 1 amide bonds. The summed E-state index contributed by atoms with van der Waals surface area (Å²) >= 11 is 4.94. The van der Waals surface area contributed by atoms with Crippen molar-refractivity contribution >= 4 is 62.1 Å². The van der Waals surface area contributed by atoms with Gasteiger partial charge in [0.2, 0.25) is 11.7 Å². The van der Waals surface area contributed by atoms with Crippen LogP contribution < -0.4 is 15.8 Å². The zero-order valence-electron chi connectivity index (χ0n) is 34.2. The van der Waals surface area contributed by atoms with Gasteiger partial charge in [0.25, 0.3) is 18.8 Å². The van der Waals surface area contributed by atoms with Gasteiger partial charge in [-0.05, 0) is 87.8 Å². The van der Waals surface area contributed by atoms with Crippen LogP contribution in [0.15, 0.2) is 58.7 Å². The van der Waals surface area contributed by atoms with Crippen molar-refractivity contribution < 1.29 is 48.7 Å². The number of anilines is 1. The predicted octanol–water partition coefficient (Wildman–Crippen LogP) is 8.43. The zero-order chi connectivity index (χ0) is 46.1. The number of carbonyl (C=O) groups excluding carboxylic acids is 1. The van der Waals surface area contributed by atoms with Gasteiger partial charge < -0.3 is 15.6 Å². The summed E-state index contributed by atoms with van der Waals surface area (Å²) in [5.41, 5.74) is 3.01. The Bertz CT molecular complexity index is 2540. The Morgan fingerprint density at radius 1 is 1.13 bits per heavy atom. The maximum atomic E-state index is 15.2. The number of allylic oxidation sites excluding steroid dienone is 2.